The van der Waals surface area contributed by atoms with Gasteiger partial charge in [-0.05, 0) is 19.1 Å². The van der Waals surface area contributed by atoms with E-state index in [0.29, 0.717) is 16.8 Å². The van der Waals surface area contributed by atoms with Crippen LogP contribution >= 0.6 is 0 Å². The Morgan fingerprint density at radius 2 is 1.84 bits per heavy atom. The van der Waals surface area contributed by atoms with E-state index < -0.39 is 4.92 Å². The highest BCUT2D eigenvalue weighted by molar-refractivity contribution is 6.12. The lowest BCUT2D eigenvalue weighted by Gasteiger charge is -2.12. The maximum absolute atomic E-state index is 12.8. The molecular formula is C19H15N3O3. The number of nitrogens with zero attached hydrogens (tertiary/aromatic N) is 2. The summed E-state index contributed by atoms with van der Waals surface area (Å²) in [5, 5.41) is 14.2. The summed E-state index contributed by atoms with van der Waals surface area (Å²) in [4.78, 5) is 27.4. The molecule has 1 aromatic heterocycles. The number of aromatic nitrogens is 1. The van der Waals surface area contributed by atoms with Gasteiger partial charge in [0.2, 0.25) is 0 Å². The summed E-state index contributed by atoms with van der Waals surface area (Å²) < 4.78 is 0. The summed E-state index contributed by atoms with van der Waals surface area (Å²) >= 11 is 0. The zero-order valence-corrected chi connectivity index (χ0v) is 13.5. The van der Waals surface area contributed by atoms with Crippen LogP contribution in [0.2, 0.25) is 0 Å². The van der Waals surface area contributed by atoms with Crippen LogP contribution in [0.4, 0.5) is 17.1 Å². The molecule has 0 bridgehead atoms. The number of pyridine rings is 1. The van der Waals surface area contributed by atoms with Gasteiger partial charge in [0.15, 0.2) is 5.78 Å². The minimum atomic E-state index is -0.489. The van der Waals surface area contributed by atoms with Crippen LogP contribution in [0.3, 0.4) is 0 Å². The van der Waals surface area contributed by atoms with E-state index in [1.807, 2.05) is 19.1 Å². The zero-order valence-electron chi connectivity index (χ0n) is 13.5. The number of nitro groups is 1. The largest absolute Gasteiger partial charge is 0.348 e. The monoisotopic (exact) mass is 333 g/mol. The Hall–Kier alpha value is -3.54. The van der Waals surface area contributed by atoms with Crippen molar-refractivity contribution in [1.29, 1.82) is 0 Å². The van der Waals surface area contributed by atoms with Crippen LogP contribution in [-0.4, -0.2) is 15.7 Å². The van der Waals surface area contributed by atoms with E-state index in [2.05, 4.69) is 10.3 Å². The fourth-order valence-corrected chi connectivity index (χ4v) is 2.49. The smallest absolute Gasteiger partial charge is 0.295 e. The van der Waals surface area contributed by atoms with Gasteiger partial charge in [0.05, 0.1) is 11.1 Å². The van der Waals surface area contributed by atoms with Crippen LogP contribution in [0.25, 0.3) is 0 Å². The first kappa shape index (κ1) is 16.3. The Balaban J connectivity index is 2.04. The van der Waals surface area contributed by atoms with Crippen LogP contribution < -0.4 is 5.32 Å². The van der Waals surface area contributed by atoms with E-state index >= 15 is 0 Å². The predicted octanol–water partition coefficient (Wildman–Crippen LogP) is 4.27. The number of benzene rings is 2. The van der Waals surface area contributed by atoms with Crippen molar-refractivity contribution in [2.75, 3.05) is 5.32 Å². The molecule has 0 aliphatic carbocycles. The second kappa shape index (κ2) is 6.92. The molecule has 3 rings (SSSR count). The van der Waals surface area contributed by atoms with E-state index in [1.54, 1.807) is 36.4 Å². The molecule has 0 saturated heterocycles. The van der Waals surface area contributed by atoms with Gasteiger partial charge in [0.1, 0.15) is 5.69 Å². The van der Waals surface area contributed by atoms with Crippen LogP contribution in [0, 0.1) is 17.0 Å². The van der Waals surface area contributed by atoms with Gasteiger partial charge < -0.3 is 5.32 Å². The molecule has 6 heteroatoms. The Morgan fingerprint density at radius 3 is 2.56 bits per heavy atom. The summed E-state index contributed by atoms with van der Waals surface area (Å²) in [6.45, 7) is 1.89. The summed E-state index contributed by atoms with van der Waals surface area (Å²) in [5.74, 6) is -0.154. The number of anilines is 2. The molecule has 0 saturated carbocycles. The van der Waals surface area contributed by atoms with Crippen molar-refractivity contribution < 1.29 is 9.72 Å². The van der Waals surface area contributed by atoms with Gasteiger partial charge >= 0.3 is 0 Å². The van der Waals surface area contributed by atoms with Crippen LogP contribution in [0.15, 0.2) is 67.0 Å². The third-order valence-electron chi connectivity index (χ3n) is 3.72. The second-order valence-electron chi connectivity index (χ2n) is 5.52. The van der Waals surface area contributed by atoms with Gasteiger partial charge in [-0.25, -0.2) is 0 Å². The molecule has 124 valence electrons. The first-order valence-corrected chi connectivity index (χ1v) is 7.62. The average Bonchev–Trinajstić information content (AvgIpc) is 2.63. The van der Waals surface area contributed by atoms with E-state index in [9.17, 15) is 14.9 Å². The fourth-order valence-electron chi connectivity index (χ4n) is 2.49. The number of nitrogens with one attached hydrogen (secondary N) is 1. The molecule has 2 aromatic carbocycles. The lowest BCUT2D eigenvalue weighted by atomic mass is 9.99. The Kier molecular flexibility index (Phi) is 4.52. The summed E-state index contributed by atoms with van der Waals surface area (Å²) in [7, 11) is 0. The lowest BCUT2D eigenvalue weighted by Crippen LogP contribution is -2.07. The van der Waals surface area contributed by atoms with Crippen LogP contribution in [-0.2, 0) is 0 Å². The van der Waals surface area contributed by atoms with E-state index in [1.165, 1.54) is 18.5 Å². The van der Waals surface area contributed by atoms with Crippen molar-refractivity contribution in [2.45, 2.75) is 6.92 Å². The molecule has 0 unspecified atom stereocenters. The molecule has 25 heavy (non-hydrogen) atoms. The number of ketones is 1. The number of carbonyl (C=O) groups excluding carboxylic acids is 1. The third kappa shape index (κ3) is 3.53. The third-order valence-corrected chi connectivity index (χ3v) is 3.72. The van der Waals surface area contributed by atoms with Gasteiger partial charge in [-0.1, -0.05) is 42.0 Å². The van der Waals surface area contributed by atoms with E-state index in [0.717, 1.165) is 5.56 Å². The average molecular weight is 333 g/mol. The predicted molar refractivity (Wildman–Crippen MR) is 95.2 cm³/mol. The molecule has 0 fully saturated rings. The maximum atomic E-state index is 12.8. The Labute approximate surface area is 144 Å². The maximum Gasteiger partial charge on any atom is 0.295 e. The van der Waals surface area contributed by atoms with Crippen molar-refractivity contribution in [1.82, 2.24) is 4.98 Å². The SMILES string of the molecule is Cc1ccc(Nc2cnccc2[N+](=O)[O-])c(C(=O)c2ccccc2)c1. The van der Waals surface area contributed by atoms with Gasteiger partial charge in [-0.2, -0.15) is 0 Å². The minimum absolute atomic E-state index is 0.103. The first-order chi connectivity index (χ1) is 12.1. The number of carbonyl (C=O) groups is 1. The van der Waals surface area contributed by atoms with Crippen LogP contribution in [0.1, 0.15) is 21.5 Å². The lowest BCUT2D eigenvalue weighted by molar-refractivity contribution is -0.384. The molecule has 1 heterocycles. The Morgan fingerprint density at radius 1 is 1.08 bits per heavy atom. The molecule has 0 spiro atoms. The molecule has 6 nitrogen and oxygen atoms in total. The zero-order chi connectivity index (χ0) is 17.8. The van der Waals surface area contributed by atoms with Crippen molar-refractivity contribution in [3.8, 4) is 0 Å². The number of rotatable bonds is 5. The number of hydrogen-bond donors (Lipinski definition) is 1. The van der Waals surface area contributed by atoms with Crippen LogP contribution in [0.5, 0.6) is 0 Å². The van der Waals surface area contributed by atoms with Gasteiger partial charge in [-0.3, -0.25) is 19.9 Å². The van der Waals surface area contributed by atoms with E-state index in [4.69, 9.17) is 0 Å². The minimum Gasteiger partial charge on any atom is -0.348 e. The highest BCUT2D eigenvalue weighted by Gasteiger charge is 2.18. The van der Waals surface area contributed by atoms with Crippen molar-refractivity contribution in [2.24, 2.45) is 0 Å². The molecule has 0 radical (unpaired) electrons. The summed E-state index contributed by atoms with van der Waals surface area (Å²) in [5.41, 5.74) is 2.55. The quantitative estimate of drug-likeness (QED) is 0.428. The standard InChI is InChI=1S/C19H15N3O3/c1-13-7-8-16(21-17-12-20-10-9-18(17)22(24)25)15(11-13)19(23)14-5-3-2-4-6-14/h2-12,21H,1H3. The van der Waals surface area contributed by atoms with Gasteiger partial charge in [-0.15, -0.1) is 0 Å². The fraction of sp³-hybridized carbons (Fsp3) is 0.0526. The highest BCUT2D eigenvalue weighted by atomic mass is 16.6. The number of aryl methyl sites for hydroxylation is 1. The number of hydrogen-bond acceptors (Lipinski definition) is 5. The summed E-state index contributed by atoms with van der Waals surface area (Å²) in [6, 6.07) is 15.6. The van der Waals surface area contributed by atoms with E-state index in [-0.39, 0.29) is 17.2 Å². The van der Waals surface area contributed by atoms with Crippen molar-refractivity contribution >= 4 is 22.8 Å². The van der Waals surface area contributed by atoms with Gasteiger partial charge in [0.25, 0.3) is 5.69 Å². The second-order valence-corrected chi connectivity index (χ2v) is 5.52. The Bertz CT molecular complexity index is 940. The molecule has 3 aromatic rings. The normalized spacial score (nSPS) is 10.3. The molecule has 0 amide bonds. The summed E-state index contributed by atoms with van der Waals surface area (Å²) in [6.07, 6.45) is 2.73. The molecule has 1 N–H and O–H groups in total. The molecule has 0 atom stereocenters. The first-order valence-electron chi connectivity index (χ1n) is 7.62. The molecular weight excluding hydrogens is 318 g/mol. The van der Waals surface area contributed by atoms with Gasteiger partial charge in [0, 0.05) is 29.1 Å². The molecule has 0 aliphatic heterocycles. The highest BCUT2D eigenvalue weighted by Crippen LogP contribution is 2.29. The van der Waals surface area contributed by atoms with Crippen molar-refractivity contribution in [3.63, 3.8) is 0 Å². The topological polar surface area (TPSA) is 85.1 Å². The molecule has 0 aliphatic rings. The van der Waals surface area contributed by atoms with Crippen molar-refractivity contribution in [3.05, 3.63) is 93.8 Å².